The minimum absolute atomic E-state index is 0.129. The van der Waals surface area contributed by atoms with Crippen LogP contribution in [0.15, 0.2) is 50.8 Å². The van der Waals surface area contributed by atoms with Gasteiger partial charge in [-0.2, -0.15) is 0 Å². The summed E-state index contributed by atoms with van der Waals surface area (Å²) in [6, 6.07) is 9.05. The van der Waals surface area contributed by atoms with E-state index in [1.807, 2.05) is 12.1 Å². The number of rotatable bonds is 7. The number of thiazole rings is 1. The first-order valence-corrected chi connectivity index (χ1v) is 10.0. The van der Waals surface area contributed by atoms with E-state index in [9.17, 15) is 9.59 Å². The smallest absolute Gasteiger partial charge is 0.230 e. The highest BCUT2D eigenvalue weighted by molar-refractivity contribution is 7.14. The first kappa shape index (κ1) is 19.7. The molecule has 0 fully saturated rings. The Labute approximate surface area is 175 Å². The van der Waals surface area contributed by atoms with Crippen LogP contribution >= 0.6 is 11.3 Å². The van der Waals surface area contributed by atoms with Crippen LogP contribution in [0.2, 0.25) is 0 Å². The van der Waals surface area contributed by atoms with Crippen molar-refractivity contribution in [2.24, 2.45) is 0 Å². The van der Waals surface area contributed by atoms with Crippen molar-refractivity contribution in [3.8, 4) is 17.2 Å². The molecule has 30 heavy (non-hydrogen) atoms. The van der Waals surface area contributed by atoms with E-state index in [0.717, 1.165) is 10.9 Å². The van der Waals surface area contributed by atoms with E-state index in [1.165, 1.54) is 18.3 Å². The Kier molecular flexibility index (Phi) is 5.53. The lowest BCUT2D eigenvalue weighted by atomic mass is 10.1. The molecule has 3 aromatic heterocycles. The molecule has 0 radical (unpaired) electrons. The normalized spacial score (nSPS) is 10.9. The molecule has 0 aliphatic carbocycles. The third kappa shape index (κ3) is 4.36. The molecular formula is C21H19N3O5S. The molecule has 154 valence electrons. The summed E-state index contributed by atoms with van der Waals surface area (Å²) < 4.78 is 16.4. The van der Waals surface area contributed by atoms with E-state index in [-0.39, 0.29) is 18.2 Å². The number of furan rings is 2. The van der Waals surface area contributed by atoms with Crippen LogP contribution < -0.4 is 15.4 Å². The Morgan fingerprint density at radius 1 is 1.23 bits per heavy atom. The molecule has 2 N–H and O–H groups in total. The number of aromatic nitrogens is 1. The van der Waals surface area contributed by atoms with Crippen LogP contribution in [0.25, 0.3) is 22.4 Å². The quantitative estimate of drug-likeness (QED) is 0.464. The first-order valence-electron chi connectivity index (χ1n) is 9.15. The molecule has 3 heterocycles. The van der Waals surface area contributed by atoms with Gasteiger partial charge in [0, 0.05) is 29.3 Å². The lowest BCUT2D eigenvalue weighted by Gasteiger charge is -2.01. The minimum Gasteiger partial charge on any atom is -0.497 e. The predicted octanol–water partition coefficient (Wildman–Crippen LogP) is 3.98. The lowest BCUT2D eigenvalue weighted by molar-refractivity contribution is -0.119. The zero-order chi connectivity index (χ0) is 21.1. The van der Waals surface area contributed by atoms with Crippen molar-refractivity contribution in [3.05, 3.63) is 53.3 Å². The summed E-state index contributed by atoms with van der Waals surface area (Å²) in [5.74, 6) is 1.57. The zero-order valence-corrected chi connectivity index (χ0v) is 17.2. The van der Waals surface area contributed by atoms with Gasteiger partial charge in [-0.25, -0.2) is 4.98 Å². The summed E-state index contributed by atoms with van der Waals surface area (Å²) in [4.78, 5) is 27.9. The molecule has 0 spiro atoms. The fourth-order valence-corrected chi connectivity index (χ4v) is 3.65. The monoisotopic (exact) mass is 425 g/mol. The Morgan fingerprint density at radius 2 is 2.10 bits per heavy atom. The molecule has 1 aromatic carbocycles. The molecule has 4 aromatic rings. The van der Waals surface area contributed by atoms with Crippen molar-refractivity contribution < 1.29 is 23.2 Å². The van der Waals surface area contributed by atoms with Crippen molar-refractivity contribution in [2.75, 3.05) is 12.4 Å². The summed E-state index contributed by atoms with van der Waals surface area (Å²) in [6.07, 6.45) is 1.74. The number of methoxy groups -OCH3 is 1. The van der Waals surface area contributed by atoms with Gasteiger partial charge in [-0.1, -0.05) is 0 Å². The van der Waals surface area contributed by atoms with E-state index in [4.69, 9.17) is 13.6 Å². The maximum absolute atomic E-state index is 12.5. The average Bonchev–Trinajstić information content (AvgIpc) is 3.46. The predicted molar refractivity (Wildman–Crippen MR) is 112 cm³/mol. The number of hydrogen-bond acceptors (Lipinski definition) is 7. The van der Waals surface area contributed by atoms with Crippen molar-refractivity contribution in [2.45, 2.75) is 19.9 Å². The highest BCUT2D eigenvalue weighted by Gasteiger charge is 2.14. The number of ether oxygens (including phenoxy) is 1. The van der Waals surface area contributed by atoms with Gasteiger partial charge in [-0.3, -0.25) is 9.59 Å². The Balaban J connectivity index is 1.40. The standard InChI is InChI=1S/C21H19N3O5S/c1-12(25)22-9-15-4-6-18(29-15)17-11-30-21(23-17)24-20(26)7-13-10-28-19-8-14(27-2)3-5-16(13)19/h3-6,8,10-11H,7,9H2,1-2H3,(H,22,25)(H,23,24,26). The summed E-state index contributed by atoms with van der Waals surface area (Å²) >= 11 is 1.31. The molecular weight excluding hydrogens is 406 g/mol. The van der Waals surface area contributed by atoms with E-state index in [0.29, 0.717) is 40.2 Å². The summed E-state index contributed by atoms with van der Waals surface area (Å²) in [5, 5.41) is 8.63. The van der Waals surface area contributed by atoms with Crippen LogP contribution in [-0.4, -0.2) is 23.9 Å². The maximum atomic E-state index is 12.5. The second kappa shape index (κ2) is 8.42. The molecule has 0 bridgehead atoms. The first-order chi connectivity index (χ1) is 14.5. The molecule has 4 rings (SSSR count). The highest BCUT2D eigenvalue weighted by atomic mass is 32.1. The molecule has 0 atom stereocenters. The van der Waals surface area contributed by atoms with Crippen molar-refractivity contribution in [3.63, 3.8) is 0 Å². The van der Waals surface area contributed by atoms with E-state index >= 15 is 0 Å². The highest BCUT2D eigenvalue weighted by Crippen LogP contribution is 2.28. The zero-order valence-electron chi connectivity index (χ0n) is 16.4. The van der Waals surface area contributed by atoms with Crippen molar-refractivity contribution in [1.82, 2.24) is 10.3 Å². The number of hydrogen-bond donors (Lipinski definition) is 2. The fraction of sp³-hybridized carbons (Fsp3) is 0.190. The molecule has 0 aliphatic rings. The van der Waals surface area contributed by atoms with Gasteiger partial charge in [0.1, 0.15) is 22.8 Å². The second-order valence-electron chi connectivity index (χ2n) is 6.56. The Hall–Kier alpha value is -3.59. The van der Waals surface area contributed by atoms with E-state index < -0.39 is 0 Å². The SMILES string of the molecule is COc1ccc2c(CC(=O)Nc3nc(-c4ccc(CNC(C)=O)o4)cs3)coc2c1. The minimum atomic E-state index is -0.194. The molecule has 0 unspecified atom stereocenters. The summed E-state index contributed by atoms with van der Waals surface area (Å²) in [6.45, 7) is 1.76. The molecule has 2 amide bonds. The number of fused-ring (bicyclic) bond motifs is 1. The van der Waals surface area contributed by atoms with Gasteiger partial charge in [0.15, 0.2) is 10.9 Å². The summed E-state index contributed by atoms with van der Waals surface area (Å²) in [5.41, 5.74) is 2.07. The Bertz CT molecular complexity index is 1210. The van der Waals surface area contributed by atoms with Crippen LogP contribution in [0, 0.1) is 0 Å². The van der Waals surface area contributed by atoms with Crippen molar-refractivity contribution in [1.29, 1.82) is 0 Å². The van der Waals surface area contributed by atoms with Crippen molar-refractivity contribution >= 4 is 39.3 Å². The molecule has 0 saturated carbocycles. The van der Waals surface area contributed by atoms with E-state index in [2.05, 4.69) is 15.6 Å². The Morgan fingerprint density at radius 3 is 2.90 bits per heavy atom. The van der Waals surface area contributed by atoms with E-state index in [1.54, 1.807) is 37.0 Å². The number of amides is 2. The number of carbonyl (C=O) groups excluding carboxylic acids is 2. The van der Waals surface area contributed by atoms with Gasteiger partial charge in [0.05, 0.1) is 26.3 Å². The van der Waals surface area contributed by atoms with Gasteiger partial charge in [0.25, 0.3) is 0 Å². The number of anilines is 1. The van der Waals surface area contributed by atoms with Crippen LogP contribution in [-0.2, 0) is 22.6 Å². The van der Waals surface area contributed by atoms with Crippen LogP contribution in [0.1, 0.15) is 18.2 Å². The number of nitrogens with one attached hydrogen (secondary N) is 2. The molecule has 0 aliphatic heterocycles. The average molecular weight is 425 g/mol. The topological polar surface area (TPSA) is 107 Å². The number of carbonyl (C=O) groups is 2. The number of benzene rings is 1. The maximum Gasteiger partial charge on any atom is 0.230 e. The largest absolute Gasteiger partial charge is 0.497 e. The third-order valence-corrected chi connectivity index (χ3v) is 5.15. The second-order valence-corrected chi connectivity index (χ2v) is 7.42. The fourth-order valence-electron chi connectivity index (χ4n) is 2.93. The number of nitrogens with zero attached hydrogens (tertiary/aromatic N) is 1. The van der Waals surface area contributed by atoms with Crippen LogP contribution in [0.3, 0.4) is 0 Å². The van der Waals surface area contributed by atoms with Gasteiger partial charge in [-0.05, 0) is 24.3 Å². The summed E-state index contributed by atoms with van der Waals surface area (Å²) in [7, 11) is 1.59. The lowest BCUT2D eigenvalue weighted by Crippen LogP contribution is -2.18. The van der Waals surface area contributed by atoms with Gasteiger partial charge in [-0.15, -0.1) is 11.3 Å². The molecule has 0 saturated heterocycles. The van der Waals surface area contributed by atoms with Crippen LogP contribution in [0.5, 0.6) is 5.75 Å². The molecule has 8 nitrogen and oxygen atoms in total. The van der Waals surface area contributed by atoms with Gasteiger partial charge < -0.3 is 24.2 Å². The van der Waals surface area contributed by atoms with Gasteiger partial charge in [0.2, 0.25) is 11.8 Å². The third-order valence-electron chi connectivity index (χ3n) is 4.39. The molecule has 9 heteroatoms. The van der Waals surface area contributed by atoms with Crippen LogP contribution in [0.4, 0.5) is 5.13 Å². The van der Waals surface area contributed by atoms with Gasteiger partial charge >= 0.3 is 0 Å².